The summed E-state index contributed by atoms with van der Waals surface area (Å²) < 4.78 is 19.5. The van der Waals surface area contributed by atoms with Gasteiger partial charge in [0.05, 0.1) is 12.6 Å². The van der Waals surface area contributed by atoms with Gasteiger partial charge in [0.25, 0.3) is 5.91 Å². The summed E-state index contributed by atoms with van der Waals surface area (Å²) >= 11 is 1.62. The molecule has 178 valence electrons. The molecule has 0 saturated carbocycles. The van der Waals surface area contributed by atoms with E-state index in [1.165, 1.54) is 23.1 Å². The van der Waals surface area contributed by atoms with Gasteiger partial charge in [-0.2, -0.15) is 0 Å². The molecule has 1 aliphatic heterocycles. The van der Waals surface area contributed by atoms with Crippen molar-refractivity contribution in [3.63, 3.8) is 0 Å². The van der Waals surface area contributed by atoms with Crippen LogP contribution in [-0.2, 0) is 22.6 Å². The highest BCUT2D eigenvalue weighted by molar-refractivity contribution is 7.10. The van der Waals surface area contributed by atoms with E-state index in [0.29, 0.717) is 26.2 Å². The molecule has 0 radical (unpaired) electrons. The number of nitrogens with zero attached hydrogens (tertiary/aromatic N) is 2. The van der Waals surface area contributed by atoms with Gasteiger partial charge in [0.1, 0.15) is 12.4 Å². The summed E-state index contributed by atoms with van der Waals surface area (Å²) in [5.74, 6) is -0.997. The van der Waals surface area contributed by atoms with Crippen LogP contribution in [0, 0.1) is 12.7 Å². The highest BCUT2D eigenvalue weighted by atomic mass is 32.1. The molecule has 7 heteroatoms. The number of benzene rings is 2. The van der Waals surface area contributed by atoms with Gasteiger partial charge in [0, 0.05) is 30.1 Å². The lowest BCUT2D eigenvalue weighted by molar-refractivity contribution is -0.133. The van der Waals surface area contributed by atoms with E-state index in [9.17, 15) is 14.0 Å². The first-order valence-electron chi connectivity index (χ1n) is 11.5. The van der Waals surface area contributed by atoms with Gasteiger partial charge < -0.3 is 14.5 Å². The van der Waals surface area contributed by atoms with E-state index in [1.807, 2.05) is 48.7 Å². The maximum absolute atomic E-state index is 13.8. The van der Waals surface area contributed by atoms with Gasteiger partial charge in [-0.05, 0) is 60.5 Å². The second kappa shape index (κ2) is 11.4. The molecule has 1 atom stereocenters. The zero-order valence-electron chi connectivity index (χ0n) is 19.3. The molecule has 0 aliphatic carbocycles. The van der Waals surface area contributed by atoms with Crippen LogP contribution in [0.4, 0.5) is 4.39 Å². The summed E-state index contributed by atoms with van der Waals surface area (Å²) in [5, 5.41) is 2.02. The molecule has 2 aromatic carbocycles. The molecule has 1 aliphatic rings. The number of amides is 2. The SMILES string of the molecule is Cc1ccsc1CN(Cc1ccccc1)C(=O)CN(C[C@@H]1CCCO1)C(=O)c1cccc(F)c1. The van der Waals surface area contributed by atoms with Crippen LogP contribution in [-0.4, -0.2) is 47.4 Å². The largest absolute Gasteiger partial charge is 0.376 e. The molecule has 0 bridgehead atoms. The third-order valence-electron chi connectivity index (χ3n) is 6.00. The average molecular weight is 481 g/mol. The fourth-order valence-corrected chi connectivity index (χ4v) is 5.02. The Morgan fingerprint density at radius 1 is 1.06 bits per heavy atom. The van der Waals surface area contributed by atoms with Crippen molar-refractivity contribution >= 4 is 23.2 Å². The van der Waals surface area contributed by atoms with Crippen molar-refractivity contribution in [1.29, 1.82) is 0 Å². The Bertz CT molecular complexity index is 1110. The average Bonchev–Trinajstić information content (AvgIpc) is 3.50. The second-order valence-corrected chi connectivity index (χ2v) is 9.59. The number of carbonyl (C=O) groups is 2. The van der Waals surface area contributed by atoms with Gasteiger partial charge in [0.15, 0.2) is 0 Å². The van der Waals surface area contributed by atoms with Crippen LogP contribution >= 0.6 is 11.3 Å². The van der Waals surface area contributed by atoms with Crippen molar-refractivity contribution < 1.29 is 18.7 Å². The summed E-state index contributed by atoms with van der Waals surface area (Å²) in [6.07, 6.45) is 1.65. The fourth-order valence-electron chi connectivity index (χ4n) is 4.10. The lowest BCUT2D eigenvalue weighted by Gasteiger charge is -2.29. The van der Waals surface area contributed by atoms with E-state index in [1.54, 1.807) is 22.3 Å². The lowest BCUT2D eigenvalue weighted by Crippen LogP contribution is -2.45. The van der Waals surface area contributed by atoms with E-state index < -0.39 is 5.82 Å². The zero-order valence-corrected chi connectivity index (χ0v) is 20.1. The lowest BCUT2D eigenvalue weighted by atomic mass is 10.1. The Hall–Kier alpha value is -3.03. The molecule has 1 fully saturated rings. The Kier molecular flexibility index (Phi) is 8.08. The molecule has 1 saturated heterocycles. The summed E-state index contributed by atoms with van der Waals surface area (Å²) in [6.45, 7) is 3.81. The molecule has 0 unspecified atom stereocenters. The molecular weight excluding hydrogens is 451 g/mol. The molecule has 4 rings (SSSR count). The van der Waals surface area contributed by atoms with Crippen LogP contribution in [0.3, 0.4) is 0 Å². The molecule has 1 aromatic heterocycles. The number of aryl methyl sites for hydroxylation is 1. The van der Waals surface area contributed by atoms with Crippen LogP contribution < -0.4 is 0 Å². The van der Waals surface area contributed by atoms with Gasteiger partial charge >= 0.3 is 0 Å². The smallest absolute Gasteiger partial charge is 0.254 e. The first kappa shape index (κ1) is 24.1. The number of carbonyl (C=O) groups excluding carboxylic acids is 2. The van der Waals surface area contributed by atoms with Crippen LogP contribution in [0.15, 0.2) is 66.0 Å². The Morgan fingerprint density at radius 2 is 1.88 bits per heavy atom. The van der Waals surface area contributed by atoms with E-state index in [0.717, 1.165) is 28.8 Å². The topological polar surface area (TPSA) is 49.9 Å². The van der Waals surface area contributed by atoms with Gasteiger partial charge in [-0.25, -0.2) is 4.39 Å². The van der Waals surface area contributed by atoms with E-state index in [4.69, 9.17) is 4.74 Å². The Balaban J connectivity index is 1.56. The summed E-state index contributed by atoms with van der Waals surface area (Å²) in [6, 6.07) is 17.5. The number of halogens is 1. The zero-order chi connectivity index (χ0) is 23.9. The predicted molar refractivity (Wildman–Crippen MR) is 131 cm³/mol. The van der Waals surface area contributed by atoms with E-state index in [2.05, 4.69) is 0 Å². The van der Waals surface area contributed by atoms with Crippen LogP contribution in [0.5, 0.6) is 0 Å². The molecular formula is C27H29FN2O3S. The third-order valence-corrected chi connectivity index (χ3v) is 7.01. The minimum atomic E-state index is -0.479. The first-order chi connectivity index (χ1) is 16.5. The summed E-state index contributed by atoms with van der Waals surface area (Å²) in [5.41, 5.74) is 2.39. The van der Waals surface area contributed by atoms with Crippen molar-refractivity contribution in [3.8, 4) is 0 Å². The number of hydrogen-bond acceptors (Lipinski definition) is 4. The van der Waals surface area contributed by atoms with Gasteiger partial charge in [-0.1, -0.05) is 36.4 Å². The molecule has 0 spiro atoms. The third kappa shape index (κ3) is 6.30. The minimum Gasteiger partial charge on any atom is -0.376 e. The quantitative estimate of drug-likeness (QED) is 0.431. The van der Waals surface area contributed by atoms with E-state index >= 15 is 0 Å². The maximum Gasteiger partial charge on any atom is 0.254 e. The number of ether oxygens (including phenoxy) is 1. The Labute approximate surface area is 203 Å². The summed E-state index contributed by atoms with van der Waals surface area (Å²) in [7, 11) is 0. The molecule has 2 heterocycles. The molecule has 34 heavy (non-hydrogen) atoms. The summed E-state index contributed by atoms with van der Waals surface area (Å²) in [4.78, 5) is 31.3. The molecule has 3 aromatic rings. The number of thiophene rings is 1. The van der Waals surface area contributed by atoms with E-state index in [-0.39, 0.29) is 30.0 Å². The van der Waals surface area contributed by atoms with Crippen molar-refractivity contribution in [2.45, 2.75) is 39.0 Å². The highest BCUT2D eigenvalue weighted by Crippen LogP contribution is 2.21. The van der Waals surface area contributed by atoms with Crippen molar-refractivity contribution in [3.05, 3.63) is 93.4 Å². The van der Waals surface area contributed by atoms with Crippen LogP contribution in [0.2, 0.25) is 0 Å². The fraction of sp³-hybridized carbons (Fsp3) is 0.333. The minimum absolute atomic E-state index is 0.0908. The second-order valence-electron chi connectivity index (χ2n) is 8.59. The first-order valence-corrected chi connectivity index (χ1v) is 12.4. The number of rotatable bonds is 9. The van der Waals surface area contributed by atoms with Gasteiger partial charge in [-0.15, -0.1) is 11.3 Å². The highest BCUT2D eigenvalue weighted by Gasteiger charge is 2.27. The molecule has 2 amide bonds. The predicted octanol–water partition coefficient (Wildman–Crippen LogP) is 5.05. The normalized spacial score (nSPS) is 15.3. The Morgan fingerprint density at radius 3 is 2.56 bits per heavy atom. The maximum atomic E-state index is 13.8. The van der Waals surface area contributed by atoms with Crippen molar-refractivity contribution in [1.82, 2.24) is 9.80 Å². The molecule has 0 N–H and O–H groups in total. The van der Waals surface area contributed by atoms with Gasteiger partial charge in [-0.3, -0.25) is 9.59 Å². The van der Waals surface area contributed by atoms with Crippen molar-refractivity contribution in [2.24, 2.45) is 0 Å². The molecule has 5 nitrogen and oxygen atoms in total. The van der Waals surface area contributed by atoms with Crippen LogP contribution in [0.1, 0.15) is 39.2 Å². The van der Waals surface area contributed by atoms with Crippen molar-refractivity contribution in [2.75, 3.05) is 19.7 Å². The standard InChI is InChI=1S/C27H29FN2O3S/c1-20-12-14-34-25(20)18-29(16-21-7-3-2-4-8-21)26(31)19-30(17-24-11-6-13-33-24)27(32)22-9-5-10-23(28)15-22/h2-5,7-10,12,14-15,24H,6,11,13,16-19H2,1H3/t24-/m0/s1. The number of hydrogen-bond donors (Lipinski definition) is 0. The van der Waals surface area contributed by atoms with Gasteiger partial charge in [0.2, 0.25) is 5.91 Å². The monoisotopic (exact) mass is 480 g/mol. The van der Waals surface area contributed by atoms with Crippen LogP contribution in [0.25, 0.3) is 0 Å².